The summed E-state index contributed by atoms with van der Waals surface area (Å²) in [5.41, 5.74) is 1.93. The van der Waals surface area contributed by atoms with E-state index in [9.17, 15) is 9.18 Å². The van der Waals surface area contributed by atoms with Gasteiger partial charge >= 0.3 is 5.97 Å². The molecule has 3 rings (SSSR count). The summed E-state index contributed by atoms with van der Waals surface area (Å²) in [5.74, 6) is -1.61. The van der Waals surface area contributed by atoms with Crippen molar-refractivity contribution in [2.75, 3.05) is 5.75 Å². The van der Waals surface area contributed by atoms with Gasteiger partial charge in [-0.1, -0.05) is 23.4 Å². The average Bonchev–Trinajstić information content (AvgIpc) is 3.04. The van der Waals surface area contributed by atoms with E-state index >= 15 is 0 Å². The number of aromatic nitrogens is 2. The molecule has 0 aliphatic heterocycles. The van der Waals surface area contributed by atoms with Crippen LogP contribution >= 0.6 is 34.7 Å². The molecule has 0 unspecified atom stereocenters. The number of aliphatic carboxylic acids is 1. The fourth-order valence-electron chi connectivity index (χ4n) is 1.91. The predicted molar refractivity (Wildman–Crippen MR) is 82.3 cm³/mol. The third-order valence-corrected chi connectivity index (χ3v) is 4.64. The van der Waals surface area contributed by atoms with Crippen molar-refractivity contribution in [1.82, 2.24) is 9.55 Å². The molecule has 0 fully saturated rings. The summed E-state index contributed by atoms with van der Waals surface area (Å²) in [5, 5.41) is 13.1. The molecule has 108 valence electrons. The van der Waals surface area contributed by atoms with E-state index in [2.05, 4.69) is 4.98 Å². The molecule has 3 aromatic rings. The zero-order valence-corrected chi connectivity index (χ0v) is 12.8. The van der Waals surface area contributed by atoms with Crippen molar-refractivity contribution in [1.29, 1.82) is 0 Å². The molecule has 0 bridgehead atoms. The third-order valence-electron chi connectivity index (χ3n) is 2.75. The number of thiophene rings is 1. The Morgan fingerprint density at radius 2 is 2.33 bits per heavy atom. The molecule has 0 aliphatic rings. The van der Waals surface area contributed by atoms with Gasteiger partial charge in [0.25, 0.3) is 0 Å². The van der Waals surface area contributed by atoms with Crippen molar-refractivity contribution in [3.05, 3.63) is 39.8 Å². The van der Waals surface area contributed by atoms with E-state index in [1.807, 2.05) is 16.8 Å². The van der Waals surface area contributed by atoms with Crippen molar-refractivity contribution in [2.45, 2.75) is 5.16 Å². The maximum absolute atomic E-state index is 13.6. The SMILES string of the molecule is O=C(O)CSc1nc2cc(F)c(Cl)cc2n1-c1ccsc1. The monoisotopic (exact) mass is 342 g/mol. The van der Waals surface area contributed by atoms with E-state index in [0.717, 1.165) is 17.4 Å². The van der Waals surface area contributed by atoms with E-state index in [1.54, 1.807) is 4.57 Å². The van der Waals surface area contributed by atoms with Gasteiger partial charge in [-0.15, -0.1) is 0 Å². The molecule has 1 N–H and O–H groups in total. The highest BCUT2D eigenvalue weighted by Crippen LogP contribution is 2.31. The number of thioether (sulfide) groups is 1. The Kier molecular flexibility index (Phi) is 3.88. The number of halogens is 2. The van der Waals surface area contributed by atoms with Crippen molar-refractivity contribution in [3.63, 3.8) is 0 Å². The first-order chi connectivity index (χ1) is 10.1. The average molecular weight is 343 g/mol. The summed E-state index contributed by atoms with van der Waals surface area (Å²) < 4.78 is 15.3. The lowest BCUT2D eigenvalue weighted by molar-refractivity contribution is -0.133. The molecule has 0 aliphatic carbocycles. The molecule has 8 heteroatoms. The number of imidazole rings is 1. The minimum Gasteiger partial charge on any atom is -0.481 e. The highest BCUT2D eigenvalue weighted by Gasteiger charge is 2.16. The Hall–Kier alpha value is -1.57. The Morgan fingerprint density at radius 1 is 1.52 bits per heavy atom. The van der Waals surface area contributed by atoms with Crippen LogP contribution in [0.4, 0.5) is 4.39 Å². The van der Waals surface area contributed by atoms with Gasteiger partial charge in [0, 0.05) is 11.4 Å². The van der Waals surface area contributed by atoms with E-state index in [0.29, 0.717) is 16.2 Å². The molecule has 0 radical (unpaired) electrons. The largest absolute Gasteiger partial charge is 0.481 e. The summed E-state index contributed by atoms with van der Waals surface area (Å²) in [7, 11) is 0. The third kappa shape index (κ3) is 2.76. The van der Waals surface area contributed by atoms with Crippen LogP contribution in [-0.2, 0) is 4.79 Å². The number of benzene rings is 1. The van der Waals surface area contributed by atoms with Gasteiger partial charge in [0.15, 0.2) is 5.16 Å². The Morgan fingerprint density at radius 3 is 3.00 bits per heavy atom. The molecule has 1 aromatic carbocycles. The first kappa shape index (κ1) is 14.4. The molecule has 0 saturated heterocycles. The first-order valence-corrected chi connectivity index (χ1v) is 8.11. The lowest BCUT2D eigenvalue weighted by Gasteiger charge is -2.05. The molecule has 4 nitrogen and oxygen atoms in total. The van der Waals surface area contributed by atoms with Crippen LogP contribution in [0.15, 0.2) is 34.1 Å². The second-order valence-electron chi connectivity index (χ2n) is 4.15. The Balaban J connectivity index is 2.20. The highest BCUT2D eigenvalue weighted by atomic mass is 35.5. The van der Waals surface area contributed by atoms with Gasteiger partial charge in [0.1, 0.15) is 5.82 Å². The van der Waals surface area contributed by atoms with Crippen LogP contribution in [0.2, 0.25) is 5.02 Å². The van der Waals surface area contributed by atoms with Gasteiger partial charge < -0.3 is 5.11 Å². The van der Waals surface area contributed by atoms with E-state index in [-0.39, 0.29) is 10.8 Å². The van der Waals surface area contributed by atoms with Crippen LogP contribution in [0.3, 0.4) is 0 Å². The summed E-state index contributed by atoms with van der Waals surface area (Å²) >= 11 is 8.43. The smallest absolute Gasteiger partial charge is 0.313 e. The molecule has 0 atom stereocenters. The van der Waals surface area contributed by atoms with Gasteiger partial charge in [-0.05, 0) is 17.5 Å². The second-order valence-corrected chi connectivity index (χ2v) is 6.28. The molecule has 2 heterocycles. The molecule has 2 aromatic heterocycles. The fraction of sp³-hybridized carbons (Fsp3) is 0.0769. The van der Waals surface area contributed by atoms with E-state index < -0.39 is 11.8 Å². The summed E-state index contributed by atoms with van der Waals surface area (Å²) in [6.45, 7) is 0. The van der Waals surface area contributed by atoms with E-state index in [4.69, 9.17) is 16.7 Å². The molecule has 0 saturated carbocycles. The lowest BCUT2D eigenvalue weighted by Crippen LogP contribution is -2.01. The molecule has 0 amide bonds. The van der Waals surface area contributed by atoms with Crippen LogP contribution in [0.25, 0.3) is 16.7 Å². The molecule has 21 heavy (non-hydrogen) atoms. The molecular formula is C13H8ClFN2O2S2. The number of carboxylic acids is 1. The van der Waals surface area contributed by atoms with Gasteiger partial charge in [-0.2, -0.15) is 11.3 Å². The summed E-state index contributed by atoms with van der Waals surface area (Å²) in [4.78, 5) is 15.1. The van der Waals surface area contributed by atoms with Gasteiger partial charge in [0.05, 0.1) is 27.5 Å². The van der Waals surface area contributed by atoms with Crippen LogP contribution in [0, 0.1) is 5.82 Å². The number of rotatable bonds is 4. The van der Waals surface area contributed by atoms with Crippen molar-refractivity contribution >= 4 is 51.7 Å². The maximum atomic E-state index is 13.6. The Labute approximate surface area is 132 Å². The molecular weight excluding hydrogens is 335 g/mol. The zero-order chi connectivity index (χ0) is 15.0. The number of carboxylic acid groups (broad SMARTS) is 1. The number of carbonyl (C=O) groups is 1. The van der Waals surface area contributed by atoms with Gasteiger partial charge in [-0.25, -0.2) is 9.37 Å². The van der Waals surface area contributed by atoms with Crippen LogP contribution in [0.5, 0.6) is 0 Å². The lowest BCUT2D eigenvalue weighted by atomic mass is 10.3. The van der Waals surface area contributed by atoms with Crippen LogP contribution in [-0.4, -0.2) is 26.4 Å². The van der Waals surface area contributed by atoms with Gasteiger partial charge in [0.2, 0.25) is 0 Å². The number of nitrogens with zero attached hydrogens (tertiary/aromatic N) is 2. The second kappa shape index (κ2) is 5.67. The van der Waals surface area contributed by atoms with E-state index in [1.165, 1.54) is 23.5 Å². The van der Waals surface area contributed by atoms with Crippen molar-refractivity contribution < 1.29 is 14.3 Å². The van der Waals surface area contributed by atoms with Crippen molar-refractivity contribution in [2.24, 2.45) is 0 Å². The topological polar surface area (TPSA) is 55.1 Å². The summed E-state index contributed by atoms with van der Waals surface area (Å²) in [6, 6.07) is 4.64. The van der Waals surface area contributed by atoms with Crippen molar-refractivity contribution in [3.8, 4) is 5.69 Å². The minimum absolute atomic E-state index is 0.00802. The summed E-state index contributed by atoms with van der Waals surface area (Å²) in [6.07, 6.45) is 0. The van der Waals surface area contributed by atoms with Crippen LogP contribution in [0.1, 0.15) is 0 Å². The quantitative estimate of drug-likeness (QED) is 0.726. The fourth-order valence-corrected chi connectivity index (χ4v) is 3.43. The minimum atomic E-state index is -0.937. The number of hydrogen-bond donors (Lipinski definition) is 1. The Bertz CT molecular complexity index is 817. The zero-order valence-electron chi connectivity index (χ0n) is 10.4. The number of hydrogen-bond acceptors (Lipinski definition) is 4. The van der Waals surface area contributed by atoms with Crippen LogP contribution < -0.4 is 0 Å². The normalized spacial score (nSPS) is 11.1. The highest BCUT2D eigenvalue weighted by molar-refractivity contribution is 7.99. The molecule has 0 spiro atoms. The maximum Gasteiger partial charge on any atom is 0.313 e. The standard InChI is InChI=1S/C13H8ClFN2O2S2/c14-8-3-11-10(4-9(8)15)16-13(21-6-12(18)19)17(11)7-1-2-20-5-7/h1-5H,6H2,(H,18,19). The predicted octanol–water partition coefficient (Wildman–Crippen LogP) is 4.06. The van der Waals surface area contributed by atoms with Gasteiger partial charge in [-0.3, -0.25) is 9.36 Å². The number of fused-ring (bicyclic) bond motifs is 1. The first-order valence-electron chi connectivity index (χ1n) is 5.81.